The van der Waals surface area contributed by atoms with Crippen molar-refractivity contribution in [2.45, 2.75) is 65.0 Å². The maximum Gasteiger partial charge on any atom is 0.225 e. The third kappa shape index (κ3) is 3.59. The van der Waals surface area contributed by atoms with Gasteiger partial charge in [-0.25, -0.2) is 4.98 Å². The lowest BCUT2D eigenvalue weighted by molar-refractivity contribution is 0.749. The molecule has 1 saturated carbocycles. The molecule has 100 valence electrons. The van der Waals surface area contributed by atoms with E-state index in [2.05, 4.69) is 54.4 Å². The van der Waals surface area contributed by atoms with E-state index in [1.807, 2.05) is 0 Å². The van der Waals surface area contributed by atoms with Crippen LogP contribution in [0, 0.1) is 0 Å². The van der Waals surface area contributed by atoms with E-state index in [-0.39, 0.29) is 0 Å². The van der Waals surface area contributed by atoms with Crippen LogP contribution in [0.25, 0.3) is 0 Å². The molecule has 2 rings (SSSR count). The van der Waals surface area contributed by atoms with Crippen LogP contribution in [0.4, 0.5) is 11.8 Å². The van der Waals surface area contributed by atoms with Gasteiger partial charge in [0.15, 0.2) is 0 Å². The van der Waals surface area contributed by atoms with Crippen LogP contribution in [0.3, 0.4) is 0 Å². The quantitative estimate of drug-likeness (QED) is 0.810. The Morgan fingerprint density at radius 3 is 2.50 bits per heavy atom. The summed E-state index contributed by atoms with van der Waals surface area (Å²) in [6.07, 6.45) is 3.60. The minimum atomic E-state index is 0.392. The molecule has 4 nitrogen and oxygen atoms in total. The first-order valence-corrected chi connectivity index (χ1v) is 7.00. The van der Waals surface area contributed by atoms with E-state index < -0.39 is 0 Å². The van der Waals surface area contributed by atoms with Crippen molar-refractivity contribution in [2.75, 3.05) is 10.6 Å². The van der Waals surface area contributed by atoms with Crippen molar-refractivity contribution in [3.05, 3.63) is 11.8 Å². The maximum absolute atomic E-state index is 4.63. The average molecular weight is 248 g/mol. The standard InChI is InChI=1S/C14H24N4/c1-5-10(4)16-14-17-12(11-6-7-11)8-13(18-14)15-9(2)3/h8-11H,5-7H2,1-4H3,(H2,15,16,17,18)/t10-/m0/s1. The van der Waals surface area contributed by atoms with Crippen LogP contribution in [0.2, 0.25) is 0 Å². The molecule has 0 amide bonds. The molecule has 4 heteroatoms. The fraction of sp³-hybridized carbons (Fsp3) is 0.714. The third-order valence-corrected chi connectivity index (χ3v) is 3.17. The van der Waals surface area contributed by atoms with E-state index in [1.165, 1.54) is 18.5 Å². The van der Waals surface area contributed by atoms with Gasteiger partial charge >= 0.3 is 0 Å². The Labute approximate surface area is 110 Å². The maximum atomic E-state index is 4.63. The Kier molecular flexibility index (Phi) is 4.04. The Balaban J connectivity index is 2.18. The van der Waals surface area contributed by atoms with Crippen molar-refractivity contribution in [1.29, 1.82) is 0 Å². The third-order valence-electron chi connectivity index (χ3n) is 3.17. The molecule has 0 bridgehead atoms. The second-order valence-electron chi connectivity index (χ2n) is 5.53. The molecule has 1 aliphatic rings. The summed E-state index contributed by atoms with van der Waals surface area (Å²) >= 11 is 0. The molecule has 0 spiro atoms. The van der Waals surface area contributed by atoms with Gasteiger partial charge < -0.3 is 10.6 Å². The highest BCUT2D eigenvalue weighted by Gasteiger charge is 2.26. The zero-order valence-electron chi connectivity index (χ0n) is 11.8. The fourth-order valence-electron chi connectivity index (χ4n) is 1.81. The van der Waals surface area contributed by atoms with Crippen molar-refractivity contribution in [3.63, 3.8) is 0 Å². The van der Waals surface area contributed by atoms with Crippen LogP contribution in [-0.2, 0) is 0 Å². The molecule has 0 saturated heterocycles. The summed E-state index contributed by atoms with van der Waals surface area (Å²) in [5.41, 5.74) is 1.18. The molecule has 0 aliphatic heterocycles. The minimum absolute atomic E-state index is 0.392. The zero-order chi connectivity index (χ0) is 13.1. The molecular weight excluding hydrogens is 224 g/mol. The van der Waals surface area contributed by atoms with Gasteiger partial charge in [0.05, 0.1) is 5.69 Å². The monoisotopic (exact) mass is 248 g/mol. The predicted molar refractivity (Wildman–Crippen MR) is 76.1 cm³/mol. The van der Waals surface area contributed by atoms with E-state index in [1.54, 1.807) is 0 Å². The summed E-state index contributed by atoms with van der Waals surface area (Å²) in [6.45, 7) is 8.57. The van der Waals surface area contributed by atoms with Gasteiger partial charge in [0.2, 0.25) is 5.95 Å². The Hall–Kier alpha value is -1.32. The molecule has 0 aromatic carbocycles. The van der Waals surface area contributed by atoms with Gasteiger partial charge in [-0.2, -0.15) is 4.98 Å². The highest BCUT2D eigenvalue weighted by atomic mass is 15.2. The van der Waals surface area contributed by atoms with Gasteiger partial charge in [-0.1, -0.05) is 6.92 Å². The van der Waals surface area contributed by atoms with Crippen LogP contribution in [0.5, 0.6) is 0 Å². The first kappa shape index (κ1) is 13.1. The number of nitrogens with one attached hydrogen (secondary N) is 2. The molecule has 1 atom stereocenters. The number of anilines is 2. The summed E-state index contributed by atoms with van der Waals surface area (Å²) in [6, 6.07) is 2.90. The largest absolute Gasteiger partial charge is 0.368 e. The second-order valence-corrected chi connectivity index (χ2v) is 5.53. The molecule has 1 aromatic rings. The molecule has 2 N–H and O–H groups in total. The predicted octanol–water partition coefficient (Wildman–Crippen LogP) is 3.38. The molecule has 1 heterocycles. The van der Waals surface area contributed by atoms with Crippen LogP contribution in [0.15, 0.2) is 6.07 Å². The Bertz CT molecular complexity index is 399. The van der Waals surface area contributed by atoms with Crippen molar-refractivity contribution in [3.8, 4) is 0 Å². The number of hydrogen-bond acceptors (Lipinski definition) is 4. The molecule has 1 aliphatic carbocycles. The molecule has 18 heavy (non-hydrogen) atoms. The van der Waals surface area contributed by atoms with Crippen molar-refractivity contribution >= 4 is 11.8 Å². The fourth-order valence-corrected chi connectivity index (χ4v) is 1.81. The smallest absolute Gasteiger partial charge is 0.225 e. The van der Waals surface area contributed by atoms with Crippen molar-refractivity contribution in [2.24, 2.45) is 0 Å². The van der Waals surface area contributed by atoms with Crippen LogP contribution in [-0.4, -0.2) is 22.1 Å². The number of hydrogen-bond donors (Lipinski definition) is 2. The van der Waals surface area contributed by atoms with E-state index in [0.717, 1.165) is 18.2 Å². The van der Waals surface area contributed by atoms with E-state index in [4.69, 9.17) is 0 Å². The van der Waals surface area contributed by atoms with Crippen molar-refractivity contribution < 1.29 is 0 Å². The topological polar surface area (TPSA) is 49.8 Å². The zero-order valence-corrected chi connectivity index (χ0v) is 11.8. The summed E-state index contributed by atoms with van der Waals surface area (Å²) < 4.78 is 0. The van der Waals surface area contributed by atoms with E-state index >= 15 is 0 Å². The highest BCUT2D eigenvalue weighted by Crippen LogP contribution is 2.39. The van der Waals surface area contributed by atoms with E-state index in [9.17, 15) is 0 Å². The Morgan fingerprint density at radius 2 is 1.94 bits per heavy atom. The molecular formula is C14H24N4. The van der Waals surface area contributed by atoms with E-state index in [0.29, 0.717) is 18.0 Å². The lowest BCUT2D eigenvalue weighted by Crippen LogP contribution is -2.18. The van der Waals surface area contributed by atoms with Crippen LogP contribution < -0.4 is 10.6 Å². The molecule has 1 fully saturated rings. The lowest BCUT2D eigenvalue weighted by Gasteiger charge is -2.15. The van der Waals surface area contributed by atoms with Gasteiger partial charge in [-0.3, -0.25) is 0 Å². The normalized spacial score (nSPS) is 16.7. The number of nitrogens with zero attached hydrogens (tertiary/aromatic N) is 2. The molecule has 0 unspecified atom stereocenters. The number of rotatable bonds is 6. The van der Waals surface area contributed by atoms with Crippen LogP contribution >= 0.6 is 0 Å². The highest BCUT2D eigenvalue weighted by molar-refractivity contribution is 5.44. The minimum Gasteiger partial charge on any atom is -0.368 e. The van der Waals surface area contributed by atoms with Gasteiger partial charge in [0.1, 0.15) is 5.82 Å². The molecule has 1 aromatic heterocycles. The lowest BCUT2D eigenvalue weighted by atomic mass is 10.2. The first-order chi connectivity index (χ1) is 8.58. The Morgan fingerprint density at radius 1 is 1.22 bits per heavy atom. The second kappa shape index (κ2) is 5.55. The van der Waals surface area contributed by atoms with Gasteiger partial charge in [-0.05, 0) is 40.0 Å². The summed E-state index contributed by atoms with van der Waals surface area (Å²) in [5, 5.41) is 6.73. The average Bonchev–Trinajstić information content (AvgIpc) is 3.11. The molecule has 0 radical (unpaired) electrons. The van der Waals surface area contributed by atoms with Gasteiger partial charge in [0, 0.05) is 24.1 Å². The summed E-state index contributed by atoms with van der Waals surface area (Å²) in [7, 11) is 0. The van der Waals surface area contributed by atoms with Gasteiger partial charge in [-0.15, -0.1) is 0 Å². The number of aromatic nitrogens is 2. The van der Waals surface area contributed by atoms with Crippen LogP contribution in [0.1, 0.15) is 58.6 Å². The SMILES string of the molecule is CC[C@H](C)Nc1nc(NC(C)C)cc(C2CC2)n1. The van der Waals surface area contributed by atoms with Crippen molar-refractivity contribution in [1.82, 2.24) is 9.97 Å². The summed E-state index contributed by atoms with van der Waals surface area (Å²) in [5.74, 6) is 2.35. The first-order valence-electron chi connectivity index (χ1n) is 7.00. The van der Waals surface area contributed by atoms with Gasteiger partial charge in [0.25, 0.3) is 0 Å². The summed E-state index contributed by atoms with van der Waals surface area (Å²) in [4.78, 5) is 9.17.